The Balaban J connectivity index is 1.63. The number of hydrogen-bond acceptors (Lipinski definition) is 5. The fourth-order valence-corrected chi connectivity index (χ4v) is 4.53. The number of hydrogen-bond donors (Lipinski definition) is 2. The number of nitrogens with zero attached hydrogens (tertiary/aromatic N) is 1. The first-order valence-electron chi connectivity index (χ1n) is 10.3. The quantitative estimate of drug-likeness (QED) is 0.585. The van der Waals surface area contributed by atoms with Crippen LogP contribution in [0.4, 0.5) is 10.5 Å². The van der Waals surface area contributed by atoms with Crippen LogP contribution in [0.2, 0.25) is 0 Å². The van der Waals surface area contributed by atoms with Gasteiger partial charge in [-0.3, -0.25) is 4.79 Å². The molecular formula is C24H25N3O4S. The lowest BCUT2D eigenvalue weighted by molar-refractivity contribution is 0.0940. The van der Waals surface area contributed by atoms with Crippen molar-refractivity contribution in [3.63, 3.8) is 0 Å². The van der Waals surface area contributed by atoms with E-state index in [4.69, 9.17) is 9.47 Å². The van der Waals surface area contributed by atoms with Crippen molar-refractivity contribution in [3.8, 4) is 11.5 Å². The predicted molar refractivity (Wildman–Crippen MR) is 125 cm³/mol. The monoisotopic (exact) mass is 451 g/mol. The molecule has 1 aliphatic rings. The largest absolute Gasteiger partial charge is 0.493 e. The maximum absolute atomic E-state index is 13.2. The van der Waals surface area contributed by atoms with Crippen LogP contribution >= 0.6 is 11.3 Å². The molecule has 0 aliphatic carbocycles. The van der Waals surface area contributed by atoms with Crippen LogP contribution in [0, 0.1) is 0 Å². The number of urea groups is 1. The summed E-state index contributed by atoms with van der Waals surface area (Å²) in [5.74, 6) is 1.08. The normalized spacial score (nSPS) is 14.9. The summed E-state index contributed by atoms with van der Waals surface area (Å²) in [6.45, 7) is 0.794. The molecule has 0 radical (unpaired) electrons. The second kappa shape index (κ2) is 9.74. The van der Waals surface area contributed by atoms with Gasteiger partial charge < -0.3 is 25.0 Å². The summed E-state index contributed by atoms with van der Waals surface area (Å²) >= 11 is 1.38. The maximum atomic E-state index is 13.2. The number of anilines is 1. The van der Waals surface area contributed by atoms with Crippen LogP contribution < -0.4 is 20.1 Å². The summed E-state index contributed by atoms with van der Waals surface area (Å²) in [7, 11) is 3.19. The van der Waals surface area contributed by atoms with Crippen molar-refractivity contribution in [1.82, 2.24) is 10.2 Å². The smallest absolute Gasteiger partial charge is 0.322 e. The Morgan fingerprint density at radius 1 is 1.06 bits per heavy atom. The van der Waals surface area contributed by atoms with Crippen molar-refractivity contribution in [2.24, 2.45) is 0 Å². The maximum Gasteiger partial charge on any atom is 0.322 e. The molecule has 2 aromatic carbocycles. The summed E-state index contributed by atoms with van der Waals surface area (Å²) in [5, 5.41) is 7.81. The number of para-hydroxylation sites is 1. The fraction of sp³-hybridized carbons (Fsp3) is 0.250. The van der Waals surface area contributed by atoms with E-state index in [2.05, 4.69) is 10.6 Å². The lowest BCUT2D eigenvalue weighted by Gasteiger charge is -2.37. The molecule has 32 heavy (non-hydrogen) atoms. The number of carbonyl (C=O) groups is 2. The van der Waals surface area contributed by atoms with E-state index < -0.39 is 0 Å². The van der Waals surface area contributed by atoms with E-state index in [0.29, 0.717) is 29.3 Å². The number of amides is 3. The van der Waals surface area contributed by atoms with E-state index in [1.54, 1.807) is 25.2 Å². The van der Waals surface area contributed by atoms with Gasteiger partial charge in [0.25, 0.3) is 5.91 Å². The third kappa shape index (κ3) is 4.55. The number of methoxy groups -OCH3 is 2. The summed E-state index contributed by atoms with van der Waals surface area (Å²) in [6.07, 6.45) is 0.674. The van der Waals surface area contributed by atoms with Crippen LogP contribution in [0.25, 0.3) is 0 Å². The van der Waals surface area contributed by atoms with E-state index in [-0.39, 0.29) is 24.5 Å². The highest BCUT2D eigenvalue weighted by molar-refractivity contribution is 7.12. The van der Waals surface area contributed by atoms with Crippen LogP contribution in [0.15, 0.2) is 60.0 Å². The average Bonchev–Trinajstić information content (AvgIpc) is 3.37. The van der Waals surface area contributed by atoms with Crippen LogP contribution in [0.5, 0.6) is 11.5 Å². The van der Waals surface area contributed by atoms with E-state index in [0.717, 1.165) is 16.8 Å². The minimum Gasteiger partial charge on any atom is -0.493 e. The standard InChI is InChI=1S/C24H25N3O4S/c1-30-20-13-16-10-11-27(24(29)26-17-7-4-3-5-8-17)19(18(16)14-21(20)31-2)15-25-23(28)22-9-6-12-32-22/h3-9,12-14,19H,10-11,15H2,1-2H3,(H,25,28)(H,26,29)/t19-/m1/s1. The number of nitrogens with one attached hydrogen (secondary N) is 2. The minimum absolute atomic E-state index is 0.156. The molecule has 166 valence electrons. The number of rotatable bonds is 6. The Hall–Kier alpha value is -3.52. The van der Waals surface area contributed by atoms with Gasteiger partial charge in [-0.05, 0) is 53.3 Å². The van der Waals surface area contributed by atoms with Gasteiger partial charge in [-0.25, -0.2) is 4.79 Å². The van der Waals surface area contributed by atoms with Crippen LogP contribution in [-0.4, -0.2) is 44.1 Å². The Morgan fingerprint density at radius 3 is 2.50 bits per heavy atom. The third-order valence-electron chi connectivity index (χ3n) is 5.49. The van der Waals surface area contributed by atoms with Crippen molar-refractivity contribution in [1.29, 1.82) is 0 Å². The third-order valence-corrected chi connectivity index (χ3v) is 6.36. The highest BCUT2D eigenvalue weighted by Gasteiger charge is 2.32. The Bertz CT molecular complexity index is 1090. The highest BCUT2D eigenvalue weighted by atomic mass is 32.1. The van der Waals surface area contributed by atoms with Gasteiger partial charge in [0, 0.05) is 18.8 Å². The highest BCUT2D eigenvalue weighted by Crippen LogP contribution is 2.38. The molecule has 4 rings (SSSR count). The second-order valence-electron chi connectivity index (χ2n) is 7.35. The molecule has 7 nitrogen and oxygen atoms in total. The lowest BCUT2D eigenvalue weighted by Crippen LogP contribution is -2.46. The first-order chi connectivity index (χ1) is 15.6. The van der Waals surface area contributed by atoms with Gasteiger partial charge >= 0.3 is 6.03 Å². The molecule has 3 amide bonds. The first kappa shape index (κ1) is 21.7. The number of ether oxygens (including phenoxy) is 2. The molecule has 0 saturated heterocycles. The van der Waals surface area contributed by atoms with Gasteiger partial charge in [0.1, 0.15) is 0 Å². The van der Waals surface area contributed by atoms with Gasteiger partial charge in [-0.15, -0.1) is 11.3 Å². The number of carbonyl (C=O) groups excluding carboxylic acids is 2. The molecule has 0 fully saturated rings. The molecule has 1 atom stereocenters. The van der Waals surface area contributed by atoms with Gasteiger partial charge in [0.05, 0.1) is 25.1 Å². The zero-order chi connectivity index (χ0) is 22.5. The molecule has 1 aromatic heterocycles. The first-order valence-corrected chi connectivity index (χ1v) is 11.2. The van der Waals surface area contributed by atoms with Gasteiger partial charge in [-0.1, -0.05) is 24.3 Å². The van der Waals surface area contributed by atoms with Gasteiger partial charge in [0.15, 0.2) is 11.5 Å². The molecule has 1 aliphatic heterocycles. The van der Waals surface area contributed by atoms with Crippen molar-refractivity contribution in [3.05, 3.63) is 76.0 Å². The van der Waals surface area contributed by atoms with Crippen LogP contribution in [0.1, 0.15) is 26.8 Å². The van der Waals surface area contributed by atoms with Crippen LogP contribution in [-0.2, 0) is 6.42 Å². The summed E-state index contributed by atoms with van der Waals surface area (Å²) in [4.78, 5) is 28.2. The van der Waals surface area contributed by atoms with Crippen molar-refractivity contribution < 1.29 is 19.1 Å². The molecule has 8 heteroatoms. The van der Waals surface area contributed by atoms with E-state index >= 15 is 0 Å². The summed E-state index contributed by atoms with van der Waals surface area (Å²) in [5.41, 5.74) is 2.72. The predicted octanol–water partition coefficient (Wildman–Crippen LogP) is 4.33. The van der Waals surface area contributed by atoms with Crippen molar-refractivity contribution >= 4 is 29.0 Å². The topological polar surface area (TPSA) is 79.9 Å². The second-order valence-corrected chi connectivity index (χ2v) is 8.30. The van der Waals surface area contributed by atoms with E-state index in [1.165, 1.54) is 11.3 Å². The zero-order valence-corrected chi connectivity index (χ0v) is 18.8. The lowest BCUT2D eigenvalue weighted by atomic mass is 9.91. The molecule has 0 saturated carbocycles. The molecule has 3 aromatic rings. The zero-order valence-electron chi connectivity index (χ0n) is 18.0. The number of thiophene rings is 1. The molecule has 0 unspecified atom stereocenters. The van der Waals surface area contributed by atoms with Crippen molar-refractivity contribution in [2.45, 2.75) is 12.5 Å². The van der Waals surface area contributed by atoms with Crippen LogP contribution in [0.3, 0.4) is 0 Å². The molecule has 2 heterocycles. The Kier molecular flexibility index (Phi) is 6.61. The number of fused-ring (bicyclic) bond motifs is 1. The molecular weight excluding hydrogens is 426 g/mol. The van der Waals surface area contributed by atoms with Gasteiger partial charge in [0.2, 0.25) is 0 Å². The van der Waals surface area contributed by atoms with E-state index in [1.807, 2.05) is 53.9 Å². The fourth-order valence-electron chi connectivity index (χ4n) is 3.89. The molecule has 0 bridgehead atoms. The summed E-state index contributed by atoms with van der Waals surface area (Å²) < 4.78 is 10.9. The number of benzene rings is 2. The minimum atomic E-state index is -0.355. The van der Waals surface area contributed by atoms with Crippen molar-refractivity contribution in [2.75, 3.05) is 32.6 Å². The SMILES string of the molecule is COc1cc2c(cc1OC)[C@@H](CNC(=O)c1cccs1)N(C(=O)Nc1ccccc1)CC2. The average molecular weight is 452 g/mol. The molecule has 2 N–H and O–H groups in total. The Morgan fingerprint density at radius 2 is 1.81 bits per heavy atom. The van der Waals surface area contributed by atoms with Gasteiger partial charge in [-0.2, -0.15) is 0 Å². The molecule has 0 spiro atoms. The summed E-state index contributed by atoms with van der Waals surface area (Å²) in [6, 6.07) is 16.2. The Labute approximate surface area is 191 Å². The van der Waals surface area contributed by atoms with E-state index in [9.17, 15) is 9.59 Å².